The fraction of sp³-hybridized carbons (Fsp3) is 0.0714. The lowest BCUT2D eigenvalue weighted by molar-refractivity contribution is 0.102. The molecular weight excluding hydrogens is 310 g/mol. The average molecular weight is 322 g/mol. The van der Waals surface area contributed by atoms with E-state index in [9.17, 15) is 4.79 Å². The predicted molar refractivity (Wildman–Crippen MR) is 86.1 cm³/mol. The van der Waals surface area contributed by atoms with E-state index >= 15 is 0 Å². The van der Waals surface area contributed by atoms with Crippen molar-refractivity contribution in [3.8, 4) is 5.75 Å². The van der Waals surface area contributed by atoms with Gasteiger partial charge < -0.3 is 15.8 Å². The minimum absolute atomic E-state index is 0.241. The number of amides is 1. The van der Waals surface area contributed by atoms with E-state index < -0.39 is 0 Å². The first-order valence-corrected chi connectivity index (χ1v) is 6.70. The minimum atomic E-state index is -0.348. The van der Waals surface area contributed by atoms with Gasteiger partial charge in [0, 0.05) is 11.8 Å². The summed E-state index contributed by atoms with van der Waals surface area (Å²) in [6.45, 7) is 0. The molecule has 0 aliphatic carbocycles. The summed E-state index contributed by atoms with van der Waals surface area (Å²) in [6, 6.07) is 6.49. The highest BCUT2D eigenvalue weighted by Gasteiger charge is 2.14. The summed E-state index contributed by atoms with van der Waals surface area (Å²) >= 11 is 11.0. The molecule has 0 saturated heterocycles. The van der Waals surface area contributed by atoms with Crippen LogP contribution in [-0.2, 0) is 0 Å². The van der Waals surface area contributed by atoms with Crippen molar-refractivity contribution in [2.45, 2.75) is 0 Å². The number of ether oxygens (including phenoxy) is 1. The van der Waals surface area contributed by atoms with Gasteiger partial charge >= 0.3 is 0 Å². The van der Waals surface area contributed by atoms with Gasteiger partial charge in [-0.1, -0.05) is 23.8 Å². The Labute approximate surface area is 132 Å². The Hall–Kier alpha value is -2.18. The third-order valence-corrected chi connectivity index (χ3v) is 3.30. The molecule has 2 aromatic rings. The largest absolute Gasteiger partial charge is 0.494 e. The van der Waals surface area contributed by atoms with Crippen molar-refractivity contribution in [3.63, 3.8) is 0 Å². The van der Waals surface area contributed by atoms with Gasteiger partial charge in [0.05, 0.1) is 29.6 Å². The number of rotatable bonds is 4. The molecule has 0 radical (unpaired) electrons. The normalized spacial score (nSPS) is 10.0. The van der Waals surface area contributed by atoms with Crippen molar-refractivity contribution in [3.05, 3.63) is 52.8 Å². The van der Waals surface area contributed by atoms with Crippen LogP contribution in [-0.4, -0.2) is 23.0 Å². The summed E-state index contributed by atoms with van der Waals surface area (Å²) in [5, 5.41) is 3.05. The molecule has 2 rings (SSSR count). The monoisotopic (exact) mass is 321 g/mol. The van der Waals surface area contributed by atoms with Gasteiger partial charge in [-0.3, -0.25) is 9.78 Å². The SMILES string of the molecule is COc1cnccc1C(=O)Nc1ccc(C(N)=S)cc1Cl. The molecule has 0 bridgehead atoms. The highest BCUT2D eigenvalue weighted by Crippen LogP contribution is 2.25. The number of benzene rings is 1. The molecule has 21 heavy (non-hydrogen) atoms. The molecule has 7 heteroatoms. The van der Waals surface area contributed by atoms with Gasteiger partial charge in [0.15, 0.2) is 0 Å². The van der Waals surface area contributed by atoms with E-state index in [4.69, 9.17) is 34.3 Å². The fourth-order valence-corrected chi connectivity index (χ4v) is 2.04. The van der Waals surface area contributed by atoms with Crippen molar-refractivity contribution < 1.29 is 9.53 Å². The van der Waals surface area contributed by atoms with Crippen LogP contribution in [0.25, 0.3) is 0 Å². The third kappa shape index (κ3) is 3.48. The van der Waals surface area contributed by atoms with E-state index in [1.807, 2.05) is 0 Å². The number of nitrogens with one attached hydrogen (secondary N) is 1. The molecule has 5 nitrogen and oxygen atoms in total. The van der Waals surface area contributed by atoms with E-state index in [-0.39, 0.29) is 10.9 Å². The van der Waals surface area contributed by atoms with Crippen LogP contribution in [0.5, 0.6) is 5.75 Å². The fourth-order valence-electron chi connectivity index (χ4n) is 1.69. The summed E-state index contributed by atoms with van der Waals surface area (Å²) in [5.74, 6) is 0.0325. The number of hydrogen-bond donors (Lipinski definition) is 2. The van der Waals surface area contributed by atoms with Gasteiger partial charge in [-0.2, -0.15) is 0 Å². The molecule has 3 N–H and O–H groups in total. The van der Waals surface area contributed by atoms with Crippen LogP contribution in [0.4, 0.5) is 5.69 Å². The van der Waals surface area contributed by atoms with Gasteiger partial charge in [0.25, 0.3) is 5.91 Å². The quantitative estimate of drug-likeness (QED) is 0.846. The Morgan fingerprint density at radius 1 is 1.43 bits per heavy atom. The highest BCUT2D eigenvalue weighted by atomic mass is 35.5. The Morgan fingerprint density at radius 3 is 2.81 bits per heavy atom. The molecule has 0 aliphatic rings. The second kappa shape index (κ2) is 6.51. The van der Waals surface area contributed by atoms with Crippen LogP contribution in [0.3, 0.4) is 0 Å². The number of pyridine rings is 1. The number of aromatic nitrogens is 1. The van der Waals surface area contributed by atoms with Crippen molar-refractivity contribution in [2.75, 3.05) is 12.4 Å². The zero-order chi connectivity index (χ0) is 15.4. The van der Waals surface area contributed by atoms with Crippen molar-refractivity contribution >= 4 is 40.4 Å². The molecule has 0 spiro atoms. The number of hydrogen-bond acceptors (Lipinski definition) is 4. The molecule has 1 heterocycles. The zero-order valence-corrected chi connectivity index (χ0v) is 12.7. The number of carbonyl (C=O) groups is 1. The third-order valence-electron chi connectivity index (χ3n) is 2.75. The lowest BCUT2D eigenvalue weighted by Crippen LogP contribution is -2.14. The number of anilines is 1. The second-order valence-corrected chi connectivity index (χ2v) is 4.94. The van der Waals surface area contributed by atoms with Crippen molar-refractivity contribution in [1.29, 1.82) is 0 Å². The summed E-state index contributed by atoms with van der Waals surface area (Å²) in [7, 11) is 1.47. The van der Waals surface area contributed by atoms with Crippen LogP contribution in [0.2, 0.25) is 5.02 Å². The molecule has 0 atom stereocenters. The molecule has 1 amide bonds. The lowest BCUT2D eigenvalue weighted by Gasteiger charge is -2.10. The van der Waals surface area contributed by atoms with Crippen molar-refractivity contribution in [2.24, 2.45) is 5.73 Å². The lowest BCUT2D eigenvalue weighted by atomic mass is 10.2. The molecule has 1 aromatic carbocycles. The molecule has 108 valence electrons. The molecule has 0 aliphatic heterocycles. The number of halogens is 1. The smallest absolute Gasteiger partial charge is 0.259 e. The van der Waals surface area contributed by atoms with Gasteiger partial charge in [0.2, 0.25) is 0 Å². The number of thiocarbonyl (C=S) groups is 1. The van der Waals surface area contributed by atoms with Crippen LogP contribution in [0.15, 0.2) is 36.7 Å². The Morgan fingerprint density at radius 2 is 2.19 bits per heavy atom. The number of nitrogens with zero attached hydrogens (tertiary/aromatic N) is 1. The topological polar surface area (TPSA) is 77.2 Å². The average Bonchev–Trinajstić information content (AvgIpc) is 2.48. The Kier molecular flexibility index (Phi) is 4.72. The van der Waals surface area contributed by atoms with Crippen LogP contribution >= 0.6 is 23.8 Å². The first kappa shape index (κ1) is 15.2. The molecule has 0 fully saturated rings. The molecule has 1 aromatic heterocycles. The van der Waals surface area contributed by atoms with E-state index in [1.165, 1.54) is 19.5 Å². The predicted octanol–water partition coefficient (Wildman–Crippen LogP) is 2.63. The maximum absolute atomic E-state index is 12.2. The van der Waals surface area contributed by atoms with E-state index in [1.54, 1.807) is 24.3 Å². The Bertz CT molecular complexity index is 706. The number of nitrogens with two attached hydrogens (primary N) is 1. The van der Waals surface area contributed by atoms with Crippen LogP contribution in [0, 0.1) is 0 Å². The summed E-state index contributed by atoms with van der Waals surface area (Å²) in [6.07, 6.45) is 2.97. The van der Waals surface area contributed by atoms with E-state index in [2.05, 4.69) is 10.3 Å². The summed E-state index contributed by atoms with van der Waals surface area (Å²) < 4.78 is 5.10. The van der Waals surface area contributed by atoms with Gasteiger partial charge in [-0.15, -0.1) is 0 Å². The van der Waals surface area contributed by atoms with E-state index in [0.29, 0.717) is 27.6 Å². The first-order chi connectivity index (χ1) is 10.0. The standard InChI is InChI=1S/C14H12ClN3O2S/c1-20-12-7-17-5-4-9(12)14(19)18-11-3-2-8(13(16)21)6-10(11)15/h2-7H,1H3,(H2,16,21)(H,18,19). The maximum Gasteiger partial charge on any atom is 0.259 e. The molecule has 0 saturated carbocycles. The number of methoxy groups -OCH3 is 1. The molecule has 0 unspecified atom stereocenters. The van der Waals surface area contributed by atoms with Crippen molar-refractivity contribution in [1.82, 2.24) is 4.98 Å². The Balaban J connectivity index is 2.26. The first-order valence-electron chi connectivity index (χ1n) is 5.91. The van der Waals surface area contributed by atoms with Gasteiger partial charge in [-0.05, 0) is 24.3 Å². The van der Waals surface area contributed by atoms with E-state index in [0.717, 1.165) is 0 Å². The molecular formula is C14H12ClN3O2S. The maximum atomic E-state index is 12.2. The van der Waals surface area contributed by atoms with Crippen LogP contribution < -0.4 is 15.8 Å². The minimum Gasteiger partial charge on any atom is -0.494 e. The van der Waals surface area contributed by atoms with Gasteiger partial charge in [0.1, 0.15) is 10.7 Å². The zero-order valence-electron chi connectivity index (χ0n) is 11.1. The summed E-state index contributed by atoms with van der Waals surface area (Å²) in [5.41, 5.74) is 6.98. The summed E-state index contributed by atoms with van der Waals surface area (Å²) in [4.78, 5) is 16.4. The van der Waals surface area contributed by atoms with Crippen LogP contribution in [0.1, 0.15) is 15.9 Å². The highest BCUT2D eigenvalue weighted by molar-refractivity contribution is 7.80. The number of carbonyl (C=O) groups excluding carboxylic acids is 1. The van der Waals surface area contributed by atoms with Gasteiger partial charge in [-0.25, -0.2) is 0 Å². The second-order valence-electron chi connectivity index (χ2n) is 4.09.